The van der Waals surface area contributed by atoms with Crippen LogP contribution in [0, 0.1) is 6.92 Å². The van der Waals surface area contributed by atoms with Crippen molar-refractivity contribution in [1.29, 1.82) is 0 Å². The monoisotopic (exact) mass is 402 g/mol. The van der Waals surface area contributed by atoms with E-state index in [4.69, 9.17) is 0 Å². The van der Waals surface area contributed by atoms with Gasteiger partial charge in [0.1, 0.15) is 6.54 Å². The van der Waals surface area contributed by atoms with Crippen molar-refractivity contribution < 1.29 is 13.2 Å². The van der Waals surface area contributed by atoms with Gasteiger partial charge in [0.05, 0.1) is 10.6 Å². The Morgan fingerprint density at radius 2 is 1.64 bits per heavy atom. The lowest BCUT2D eigenvalue weighted by Gasteiger charge is -2.24. The number of nitrogens with one attached hydrogen (secondary N) is 1. The highest BCUT2D eigenvalue weighted by molar-refractivity contribution is 7.92. The van der Waals surface area contributed by atoms with Crippen LogP contribution < -0.4 is 9.62 Å². The second-order valence-electron chi connectivity index (χ2n) is 7.27. The van der Waals surface area contributed by atoms with Gasteiger partial charge in [-0.15, -0.1) is 0 Å². The summed E-state index contributed by atoms with van der Waals surface area (Å²) in [4.78, 5) is 12.6. The molecule has 0 aromatic heterocycles. The number of amides is 1. The summed E-state index contributed by atoms with van der Waals surface area (Å²) in [6.45, 7) is 8.39. The number of sulfonamides is 1. The second kappa shape index (κ2) is 9.73. The van der Waals surface area contributed by atoms with E-state index < -0.39 is 10.0 Å². The van der Waals surface area contributed by atoms with Crippen molar-refractivity contribution in [2.24, 2.45) is 0 Å². The van der Waals surface area contributed by atoms with E-state index in [1.165, 1.54) is 4.31 Å². The average molecular weight is 403 g/mol. The largest absolute Gasteiger partial charge is 0.355 e. The maximum absolute atomic E-state index is 13.3. The van der Waals surface area contributed by atoms with Crippen molar-refractivity contribution in [1.82, 2.24) is 5.32 Å². The molecular weight excluding hydrogens is 372 g/mol. The standard InChI is InChI=1S/C22H30N2O3S/c1-5-6-15-23-22(25)16-24(20-11-9-19(10-12-20)17(2)3)28(26,27)21-13-7-18(4)8-14-21/h7-14,17H,5-6,15-16H2,1-4H3,(H,23,25). The van der Waals surface area contributed by atoms with Crippen LogP contribution in [0.25, 0.3) is 0 Å². The van der Waals surface area contributed by atoms with Crippen molar-refractivity contribution in [2.75, 3.05) is 17.4 Å². The molecule has 0 saturated carbocycles. The van der Waals surface area contributed by atoms with Crippen molar-refractivity contribution in [2.45, 2.75) is 51.3 Å². The Bertz CT molecular complexity index is 873. The number of nitrogens with zero attached hydrogens (tertiary/aromatic N) is 1. The normalized spacial score (nSPS) is 11.5. The first-order valence-electron chi connectivity index (χ1n) is 9.71. The summed E-state index contributed by atoms with van der Waals surface area (Å²) in [5.74, 6) is 0.0330. The van der Waals surface area contributed by atoms with Crippen LogP contribution in [0.2, 0.25) is 0 Å². The van der Waals surface area contributed by atoms with Crippen LogP contribution in [0.4, 0.5) is 5.69 Å². The number of anilines is 1. The molecule has 152 valence electrons. The fourth-order valence-electron chi connectivity index (χ4n) is 2.77. The number of benzene rings is 2. The van der Waals surface area contributed by atoms with Gasteiger partial charge in [0, 0.05) is 6.54 Å². The second-order valence-corrected chi connectivity index (χ2v) is 9.14. The molecule has 0 fully saturated rings. The van der Waals surface area contributed by atoms with Crippen LogP contribution in [0.15, 0.2) is 53.4 Å². The quantitative estimate of drug-likeness (QED) is 0.638. The SMILES string of the molecule is CCCCNC(=O)CN(c1ccc(C(C)C)cc1)S(=O)(=O)c1ccc(C)cc1. The Morgan fingerprint density at radius 3 is 2.18 bits per heavy atom. The summed E-state index contributed by atoms with van der Waals surface area (Å²) in [5.41, 5.74) is 2.57. The minimum atomic E-state index is -3.86. The molecule has 0 aliphatic carbocycles. The minimum absolute atomic E-state index is 0.174. The Balaban J connectivity index is 2.37. The maximum Gasteiger partial charge on any atom is 0.264 e. The summed E-state index contributed by atoms with van der Waals surface area (Å²) in [7, 11) is -3.86. The number of carbonyl (C=O) groups excluding carboxylic acids is 1. The zero-order chi connectivity index (χ0) is 20.7. The molecule has 0 unspecified atom stereocenters. The van der Waals surface area contributed by atoms with Crippen LogP contribution in [0.5, 0.6) is 0 Å². The van der Waals surface area contributed by atoms with E-state index in [-0.39, 0.29) is 17.3 Å². The molecule has 2 aromatic carbocycles. The third-order valence-electron chi connectivity index (χ3n) is 4.60. The molecule has 0 aliphatic heterocycles. The van der Waals surface area contributed by atoms with Crippen molar-refractivity contribution in [3.63, 3.8) is 0 Å². The van der Waals surface area contributed by atoms with Crippen LogP contribution in [0.3, 0.4) is 0 Å². The Hall–Kier alpha value is -2.34. The number of unbranched alkanes of at least 4 members (excludes halogenated alkanes) is 1. The van der Waals surface area contributed by atoms with Crippen LogP contribution >= 0.6 is 0 Å². The van der Waals surface area contributed by atoms with Crippen LogP contribution in [-0.4, -0.2) is 27.4 Å². The van der Waals surface area contributed by atoms with Gasteiger partial charge in [-0.25, -0.2) is 8.42 Å². The van der Waals surface area contributed by atoms with E-state index in [1.54, 1.807) is 36.4 Å². The highest BCUT2D eigenvalue weighted by atomic mass is 32.2. The van der Waals surface area contributed by atoms with Gasteiger partial charge < -0.3 is 5.32 Å². The van der Waals surface area contributed by atoms with Gasteiger partial charge in [-0.3, -0.25) is 9.10 Å². The predicted molar refractivity (Wildman–Crippen MR) is 114 cm³/mol. The maximum atomic E-state index is 13.3. The van der Waals surface area contributed by atoms with Gasteiger partial charge in [-0.05, 0) is 49.1 Å². The lowest BCUT2D eigenvalue weighted by molar-refractivity contribution is -0.119. The molecule has 0 bridgehead atoms. The molecule has 28 heavy (non-hydrogen) atoms. The highest BCUT2D eigenvalue weighted by Crippen LogP contribution is 2.26. The molecule has 0 aliphatic rings. The molecule has 0 atom stereocenters. The smallest absolute Gasteiger partial charge is 0.264 e. The van der Waals surface area contributed by atoms with Gasteiger partial charge in [0.2, 0.25) is 5.91 Å². The zero-order valence-corrected chi connectivity index (χ0v) is 17.9. The summed E-state index contributed by atoms with van der Waals surface area (Å²) < 4.78 is 27.7. The Morgan fingerprint density at radius 1 is 1.04 bits per heavy atom. The Labute approximate surface area is 168 Å². The third kappa shape index (κ3) is 5.58. The lowest BCUT2D eigenvalue weighted by Crippen LogP contribution is -2.41. The predicted octanol–water partition coefficient (Wildman–Crippen LogP) is 4.23. The zero-order valence-electron chi connectivity index (χ0n) is 17.1. The number of hydrogen-bond donors (Lipinski definition) is 1. The fraction of sp³-hybridized carbons (Fsp3) is 0.409. The molecule has 2 aromatic rings. The van der Waals surface area contributed by atoms with E-state index in [2.05, 4.69) is 19.2 Å². The molecule has 2 rings (SSSR count). The van der Waals surface area contributed by atoms with Gasteiger partial charge in [-0.2, -0.15) is 0 Å². The van der Waals surface area contributed by atoms with Gasteiger partial charge in [0.25, 0.3) is 10.0 Å². The molecule has 0 heterocycles. The lowest BCUT2D eigenvalue weighted by atomic mass is 10.0. The summed E-state index contributed by atoms with van der Waals surface area (Å²) in [6, 6.07) is 14.0. The van der Waals surface area contributed by atoms with E-state index in [0.717, 1.165) is 24.0 Å². The molecule has 1 amide bonds. The molecule has 0 spiro atoms. The van der Waals surface area contributed by atoms with E-state index in [1.807, 2.05) is 26.0 Å². The number of rotatable bonds is 9. The van der Waals surface area contributed by atoms with Gasteiger partial charge in [0.15, 0.2) is 0 Å². The van der Waals surface area contributed by atoms with Crippen LogP contribution in [0.1, 0.15) is 50.7 Å². The van der Waals surface area contributed by atoms with E-state index in [0.29, 0.717) is 18.2 Å². The van der Waals surface area contributed by atoms with Crippen molar-refractivity contribution in [3.05, 3.63) is 59.7 Å². The summed E-state index contributed by atoms with van der Waals surface area (Å²) >= 11 is 0. The van der Waals surface area contributed by atoms with Gasteiger partial charge >= 0.3 is 0 Å². The molecule has 0 radical (unpaired) electrons. The molecule has 5 nitrogen and oxygen atoms in total. The summed E-state index contributed by atoms with van der Waals surface area (Å²) in [5, 5.41) is 2.80. The number of hydrogen-bond acceptors (Lipinski definition) is 3. The highest BCUT2D eigenvalue weighted by Gasteiger charge is 2.27. The van der Waals surface area contributed by atoms with E-state index in [9.17, 15) is 13.2 Å². The summed E-state index contributed by atoms with van der Waals surface area (Å²) in [6.07, 6.45) is 1.82. The fourth-order valence-corrected chi connectivity index (χ4v) is 4.19. The first-order valence-corrected chi connectivity index (χ1v) is 11.2. The molecule has 6 heteroatoms. The topological polar surface area (TPSA) is 66.5 Å². The van der Waals surface area contributed by atoms with Gasteiger partial charge in [-0.1, -0.05) is 57.0 Å². The minimum Gasteiger partial charge on any atom is -0.355 e. The van der Waals surface area contributed by atoms with Crippen molar-refractivity contribution >= 4 is 21.6 Å². The molecule has 0 saturated heterocycles. The first-order chi connectivity index (χ1) is 13.3. The number of aryl methyl sites for hydroxylation is 1. The average Bonchev–Trinajstić information content (AvgIpc) is 2.66. The molecular formula is C22H30N2O3S. The molecule has 1 N–H and O–H groups in total. The van der Waals surface area contributed by atoms with Crippen LogP contribution in [-0.2, 0) is 14.8 Å². The third-order valence-corrected chi connectivity index (χ3v) is 6.38. The Kier molecular flexibility index (Phi) is 7.63. The first kappa shape index (κ1) is 22.0. The van der Waals surface area contributed by atoms with E-state index >= 15 is 0 Å². The van der Waals surface area contributed by atoms with Crippen molar-refractivity contribution in [3.8, 4) is 0 Å². The number of carbonyl (C=O) groups is 1.